The number of esters is 1. The Morgan fingerprint density at radius 3 is 1.31 bits per heavy atom. The van der Waals surface area contributed by atoms with Gasteiger partial charge in [-0.25, -0.2) is 4.79 Å². The molecule has 0 aromatic heterocycles. The zero-order valence-corrected chi connectivity index (χ0v) is 83.1. The van der Waals surface area contributed by atoms with Crippen molar-refractivity contribution in [3.63, 3.8) is 0 Å². The molecule has 47 heteroatoms. The third-order valence-electron chi connectivity index (χ3n) is 23.0. The van der Waals surface area contributed by atoms with Gasteiger partial charge in [-0.3, -0.25) is 95.9 Å². The summed E-state index contributed by atoms with van der Waals surface area (Å²) in [5.41, 5.74) is 16.5. The summed E-state index contributed by atoms with van der Waals surface area (Å²) in [5.74, 6) is -25.0. The highest BCUT2D eigenvalue weighted by atomic mass is 16.5. The van der Waals surface area contributed by atoms with Crippen molar-refractivity contribution < 1.29 is 126 Å². The van der Waals surface area contributed by atoms with Crippen molar-refractivity contribution in [1.29, 1.82) is 0 Å². The molecule has 0 spiro atoms. The number of carboxylic acids is 1. The fourth-order valence-corrected chi connectivity index (χ4v) is 14.8. The molecule has 0 bridgehead atoms. The number of nitrogens with one attached hydrogen (secondary N) is 17. The number of ether oxygens (including phenoxy) is 1. The van der Waals surface area contributed by atoms with Crippen LogP contribution in [0.25, 0.3) is 0 Å². The number of hydrogen-bond donors (Lipinski definition) is 24. The lowest BCUT2D eigenvalue weighted by atomic mass is 9.96. The van der Waals surface area contributed by atoms with Crippen molar-refractivity contribution >= 4 is 124 Å². The molecule has 2 aliphatic rings. The summed E-state index contributed by atoms with van der Waals surface area (Å²) in [6.07, 6.45) is -0.0482. The van der Waals surface area contributed by atoms with E-state index in [1.165, 1.54) is 73.3 Å². The molecule has 27 N–H and O–H groups in total. The highest BCUT2D eigenvalue weighted by molar-refractivity contribution is 6.05. The van der Waals surface area contributed by atoms with Crippen LogP contribution in [0.15, 0.2) is 23.5 Å². The monoisotopic (exact) mass is 1960 g/mol. The number of rotatable bonds is 55. The van der Waals surface area contributed by atoms with Crippen molar-refractivity contribution in [2.75, 3.05) is 39.5 Å². The highest BCUT2D eigenvalue weighted by Gasteiger charge is 2.44. The fraction of sp³-hybridized carbons (Fsp3) is 0.725. The van der Waals surface area contributed by atoms with E-state index in [9.17, 15) is 116 Å². The molecule has 2 aliphatic heterocycles. The Balaban J connectivity index is 2.46. The number of aliphatic carboxylic acids is 1. The molecule has 0 aliphatic carbocycles. The average molecular weight is 1960 g/mol. The number of nitrogens with zero attached hydrogens (tertiary/aromatic N) is 1. The number of aliphatic hydroxyl groups excluding tert-OH is 3. The van der Waals surface area contributed by atoms with Crippen LogP contribution in [0.1, 0.15) is 234 Å². The number of hydrogen-bond acceptors (Lipinski definition) is 27. The van der Waals surface area contributed by atoms with E-state index in [0.29, 0.717) is 12.8 Å². The van der Waals surface area contributed by atoms with Crippen LogP contribution < -0.4 is 108 Å². The van der Waals surface area contributed by atoms with Gasteiger partial charge in [0.2, 0.25) is 100 Å². The van der Waals surface area contributed by atoms with Gasteiger partial charge in [-0.2, -0.15) is 0 Å². The molecule has 18 atom stereocenters. The second-order valence-corrected chi connectivity index (χ2v) is 37.4. The van der Waals surface area contributed by atoms with Gasteiger partial charge in [0.15, 0.2) is 0 Å². The zero-order chi connectivity index (χ0) is 105. The maximum absolute atomic E-state index is 14.7. The number of allylic oxidation sites excluding steroid dienone is 2. The highest BCUT2D eigenvalue weighted by Crippen LogP contribution is 2.23. The van der Waals surface area contributed by atoms with E-state index in [-0.39, 0.29) is 120 Å². The quantitative estimate of drug-likeness (QED) is 0.0155. The van der Waals surface area contributed by atoms with Crippen molar-refractivity contribution in [1.82, 2.24) is 95.3 Å². The lowest BCUT2D eigenvalue weighted by molar-refractivity contribution is -0.156. The number of carbonyl (C=O) groups is 21. The lowest BCUT2D eigenvalue weighted by Gasteiger charge is -2.32. The van der Waals surface area contributed by atoms with Gasteiger partial charge in [-0.05, 0) is 158 Å². The van der Waals surface area contributed by atoms with E-state index < -0.39 is 295 Å². The molecule has 2 saturated heterocycles. The first-order valence-corrected chi connectivity index (χ1v) is 47.5. The molecule has 780 valence electrons. The van der Waals surface area contributed by atoms with E-state index in [0.717, 1.165) is 6.08 Å². The van der Waals surface area contributed by atoms with E-state index in [1.54, 1.807) is 69.2 Å². The third kappa shape index (κ3) is 41.1. The molecular formula is C91H155N21O26. The minimum absolute atomic E-state index is 0.00111. The minimum Gasteiger partial charge on any atom is -0.481 e. The first kappa shape index (κ1) is 122. The Labute approximate surface area is 806 Å². The Morgan fingerprint density at radius 2 is 0.884 bits per heavy atom. The van der Waals surface area contributed by atoms with Crippen LogP contribution in [0.2, 0.25) is 0 Å². The SMILES string of the molecule is C/C=C(\NC(=O)[C@H](NC(=O)[C@@H](CC(C)C)NC(=O)[C@H](CCC(N)=O)NC(=O)[C@H](NC(=O)[C@@H](NC(=O)[C@@H](CC(C)C)NC(=O)[C@H](CO)NC(=O)[C@H](NC(=O)[C@@H](CC(C)C)NC(=O)[C@@H](CO)NC(=O)[C@@H]1CCCN1C(=O)/C(=C/C)NC(=O)CCCC(=O)O)C(C)C)C(C)C)C(C)C)C(C)C)C(=O)N[C@@H]1C(=O)N[C@@H]([C@@H](C)CC)C(=O)N[C@H](CCO)C(=O)N[C@H](CCN)C(=O)N[C@H](CCCCN)C(=O)O[C@@H]1C. The molecule has 2 fully saturated rings. The average Bonchev–Trinajstić information content (AvgIpc) is 1.80. The maximum atomic E-state index is 14.7. The van der Waals surface area contributed by atoms with E-state index >= 15 is 0 Å². The zero-order valence-electron chi connectivity index (χ0n) is 83.1. The summed E-state index contributed by atoms with van der Waals surface area (Å²) >= 11 is 0. The number of primary amides is 1. The molecule has 0 radical (unpaired) electrons. The van der Waals surface area contributed by atoms with Gasteiger partial charge in [-0.1, -0.05) is 129 Å². The first-order chi connectivity index (χ1) is 64.7. The van der Waals surface area contributed by atoms with Crippen molar-refractivity contribution in [2.24, 2.45) is 64.5 Å². The van der Waals surface area contributed by atoms with Crippen molar-refractivity contribution in [2.45, 2.75) is 337 Å². The Kier molecular flexibility index (Phi) is 54.4. The van der Waals surface area contributed by atoms with Gasteiger partial charge in [0, 0.05) is 32.4 Å². The fourth-order valence-electron chi connectivity index (χ4n) is 14.8. The molecule has 2 heterocycles. The van der Waals surface area contributed by atoms with Crippen LogP contribution >= 0.6 is 0 Å². The second kappa shape index (κ2) is 61.5. The number of nitrogens with two attached hydrogens (primary N) is 3. The number of unbranched alkanes of at least 4 members (excludes halogenated alkanes) is 1. The number of carboxylic acid groups (broad SMARTS) is 1. The molecule has 0 aromatic rings. The molecule has 19 amide bonds. The Morgan fingerprint density at radius 1 is 0.464 bits per heavy atom. The third-order valence-corrected chi connectivity index (χ3v) is 23.0. The van der Waals surface area contributed by atoms with Crippen molar-refractivity contribution in [3.05, 3.63) is 23.5 Å². The van der Waals surface area contributed by atoms with Gasteiger partial charge >= 0.3 is 11.9 Å². The predicted octanol–water partition coefficient (Wildman–Crippen LogP) is -4.59. The normalized spacial score (nSPS) is 19.9. The van der Waals surface area contributed by atoms with Crippen LogP contribution in [-0.4, -0.2) is 292 Å². The van der Waals surface area contributed by atoms with Gasteiger partial charge < -0.3 is 138 Å². The van der Waals surface area contributed by atoms with Gasteiger partial charge in [0.1, 0.15) is 114 Å². The van der Waals surface area contributed by atoms with Gasteiger partial charge in [-0.15, -0.1) is 0 Å². The molecule has 47 nitrogen and oxygen atoms in total. The van der Waals surface area contributed by atoms with Crippen LogP contribution in [0.3, 0.4) is 0 Å². The largest absolute Gasteiger partial charge is 0.481 e. The number of amides is 19. The minimum atomic E-state index is -1.89. The summed E-state index contributed by atoms with van der Waals surface area (Å²) in [4.78, 5) is 294. The summed E-state index contributed by atoms with van der Waals surface area (Å²) in [6, 6.07) is -24.3. The smallest absolute Gasteiger partial charge is 0.328 e. The van der Waals surface area contributed by atoms with Crippen LogP contribution in [0, 0.1) is 47.3 Å². The first-order valence-electron chi connectivity index (χ1n) is 47.5. The summed E-state index contributed by atoms with van der Waals surface area (Å²) in [6.45, 7) is 27.5. The summed E-state index contributed by atoms with van der Waals surface area (Å²) in [7, 11) is 0. The molecular weight excluding hydrogens is 1800 g/mol. The number of aliphatic hydroxyl groups is 3. The predicted molar refractivity (Wildman–Crippen MR) is 503 cm³/mol. The summed E-state index contributed by atoms with van der Waals surface area (Å²) in [5, 5.41) is 83.2. The second-order valence-electron chi connectivity index (χ2n) is 37.4. The lowest BCUT2D eigenvalue weighted by Crippen LogP contribution is -2.63. The maximum Gasteiger partial charge on any atom is 0.328 e. The standard InChI is InChI=1S/C91H155N21O26/c1-20-51(18)72-88(134)99-57(34-38-113)77(123)97-56(33-36-93)76(122)100-58(27-23-24-35-92)91(137)138-52(19)73(89(135)110-72)111-74(120)53(21-2)96-84(130)68(47(10)11)106-78(124)59(39-44(4)5)101-75(121)55(31-32-65(94)116)98-85(131)70(49(14)15)109-87(133)71(50(16)17)108-80(126)61(41-46(8)9)103-82(128)63(43-115)105-86(132)69(48(12)13)107-79(125)60(40-45(6)7)102-81(127)62(42-114)104-83(129)64-28-26-37-112(64)90(136)54(22-3)95-66(117)29-25-30-67(118)119/h21-22,44-52,55-64,68-73,113-115H,20,23-43,92-93H2,1-19H3,(H2,94,116)(H,95,117)(H,96,130)(H,97,123)(H,98,131)(H,99,134)(H,100,122)(H,101,121)(H,102,127)(H,103,128)(H,104,129)(H,105,132)(H,106,124)(H,107,125)(H,108,126)(H,109,133)(H,110,135)(H,111,120)(H,118,119)/b53-21-,54-22-/t51-,52+,55-,56+,57+,58+,59+,60+,61+,62+,63-,64-,68+,69+,70+,71-,72-,73-/m0/s1. The van der Waals surface area contributed by atoms with Crippen LogP contribution in [0.5, 0.6) is 0 Å². The van der Waals surface area contributed by atoms with E-state index in [1.807, 2.05) is 0 Å². The van der Waals surface area contributed by atoms with E-state index in [4.69, 9.17) is 27.0 Å². The summed E-state index contributed by atoms with van der Waals surface area (Å²) < 4.78 is 5.83. The van der Waals surface area contributed by atoms with Gasteiger partial charge in [0.05, 0.1) is 13.2 Å². The topological polar surface area (TPSA) is 734 Å². The number of carbonyl (C=O) groups excluding carboxylic acids is 20. The molecule has 0 aromatic carbocycles. The Hall–Kier alpha value is -11.8. The van der Waals surface area contributed by atoms with Crippen LogP contribution in [0.4, 0.5) is 0 Å². The van der Waals surface area contributed by atoms with E-state index in [2.05, 4.69) is 90.4 Å². The van der Waals surface area contributed by atoms with Gasteiger partial charge in [0.25, 0.3) is 11.8 Å². The molecule has 0 unspecified atom stereocenters. The van der Waals surface area contributed by atoms with Crippen LogP contribution in [-0.2, 0) is 105 Å². The molecule has 2 rings (SSSR count). The number of cyclic esters (lactones) is 1. The van der Waals surface area contributed by atoms with Crippen molar-refractivity contribution in [3.8, 4) is 0 Å². The number of likely N-dealkylation sites (tertiary alicyclic amines) is 1. The molecule has 138 heavy (non-hydrogen) atoms. The molecule has 0 saturated carbocycles. The Bertz CT molecular complexity index is 4240.